The zero-order valence-electron chi connectivity index (χ0n) is 24.3. The molecule has 2 N–H and O–H groups in total. The van der Waals surface area contributed by atoms with E-state index in [2.05, 4.69) is 35.4 Å². The summed E-state index contributed by atoms with van der Waals surface area (Å²) < 4.78 is 16.0. The molecule has 1 aliphatic carbocycles. The Hall–Kier alpha value is -3.10. The van der Waals surface area contributed by atoms with Crippen molar-refractivity contribution in [2.45, 2.75) is 70.9 Å². The highest BCUT2D eigenvalue weighted by Crippen LogP contribution is 2.36. The largest absolute Gasteiger partial charge is 0.469 e. The monoisotopic (exact) mass is 539 g/mol. The molecule has 0 radical (unpaired) electrons. The van der Waals surface area contributed by atoms with Gasteiger partial charge >= 0.3 is 12.0 Å². The Balaban J connectivity index is 1.97. The van der Waals surface area contributed by atoms with Crippen molar-refractivity contribution in [1.29, 1.82) is 0 Å². The highest BCUT2D eigenvalue weighted by molar-refractivity contribution is 6.02. The van der Waals surface area contributed by atoms with Crippen molar-refractivity contribution in [3.63, 3.8) is 0 Å². The molecule has 1 saturated carbocycles. The second-order valence-electron chi connectivity index (χ2n) is 10.9. The zero-order valence-corrected chi connectivity index (χ0v) is 24.3. The van der Waals surface area contributed by atoms with Gasteiger partial charge in [0.15, 0.2) is 0 Å². The van der Waals surface area contributed by atoms with Gasteiger partial charge in [-0.15, -0.1) is 0 Å². The third-order valence-electron chi connectivity index (χ3n) is 7.35. The van der Waals surface area contributed by atoms with Crippen LogP contribution in [0.1, 0.15) is 63.0 Å². The number of hydrogen-bond donors (Lipinski definition) is 2. The van der Waals surface area contributed by atoms with Crippen LogP contribution in [0, 0.1) is 12.8 Å². The first-order valence-electron chi connectivity index (χ1n) is 13.9. The molecule has 0 aromatic heterocycles. The van der Waals surface area contributed by atoms with Gasteiger partial charge in [0.2, 0.25) is 0 Å². The van der Waals surface area contributed by atoms with Gasteiger partial charge in [-0.1, -0.05) is 37.6 Å². The number of nitrogens with one attached hydrogen (secondary N) is 2. The lowest BCUT2D eigenvalue weighted by molar-refractivity contribution is -0.141. The van der Waals surface area contributed by atoms with Crippen molar-refractivity contribution in [2.24, 2.45) is 5.92 Å². The van der Waals surface area contributed by atoms with Crippen LogP contribution < -0.4 is 15.5 Å². The van der Waals surface area contributed by atoms with Gasteiger partial charge in [0.25, 0.3) is 0 Å². The van der Waals surface area contributed by atoms with Crippen LogP contribution in [0.4, 0.5) is 21.9 Å². The average molecular weight is 540 g/mol. The number of hydrogen-bond acceptors (Lipinski definition) is 6. The number of urea groups is 1. The van der Waals surface area contributed by atoms with Crippen molar-refractivity contribution >= 4 is 29.1 Å². The first-order chi connectivity index (χ1) is 18.7. The number of aryl methyl sites for hydroxylation is 1. The van der Waals surface area contributed by atoms with Crippen LogP contribution >= 0.6 is 0 Å². The molecular weight excluding hydrogens is 494 g/mol. The number of ether oxygens (including phenoxy) is 3. The lowest BCUT2D eigenvalue weighted by atomic mass is 9.90. The molecule has 0 spiro atoms. The Morgan fingerprint density at radius 1 is 0.974 bits per heavy atom. The Morgan fingerprint density at radius 3 is 2.26 bits per heavy atom. The van der Waals surface area contributed by atoms with Crippen molar-refractivity contribution in [3.05, 3.63) is 53.6 Å². The molecule has 8 nitrogen and oxygen atoms in total. The minimum atomic E-state index is -0.318. The standard InChI is InChI=1S/C31H45N3O5/c1-21(2)19-34(26-12-14-27(38-5)15-13-26)29-16-9-23(24(20-37-4)18-30(35)39-6)17-28(29)33-31(36)32-25-10-7-22(3)8-11-25/h7-11,16-17,21,24,26-27H,12-15,18-20H2,1-6H3,(H2,32,33,36)/t24?,26-,27+. The van der Waals surface area contributed by atoms with E-state index in [4.69, 9.17) is 14.2 Å². The molecule has 3 rings (SSSR count). The van der Waals surface area contributed by atoms with E-state index in [0.29, 0.717) is 30.4 Å². The van der Waals surface area contributed by atoms with Gasteiger partial charge < -0.3 is 29.7 Å². The Bertz CT molecular complexity index is 1060. The van der Waals surface area contributed by atoms with Crippen LogP contribution in [0.5, 0.6) is 0 Å². The molecule has 2 amide bonds. The van der Waals surface area contributed by atoms with Crippen LogP contribution in [-0.4, -0.2) is 58.6 Å². The summed E-state index contributed by atoms with van der Waals surface area (Å²) in [6, 6.07) is 13.8. The number of methoxy groups -OCH3 is 3. The molecule has 2 aromatic carbocycles. The summed E-state index contributed by atoms with van der Waals surface area (Å²) in [5, 5.41) is 6.07. The maximum Gasteiger partial charge on any atom is 0.323 e. The van der Waals surface area contributed by atoms with Crippen LogP contribution in [0.2, 0.25) is 0 Å². The smallest absolute Gasteiger partial charge is 0.323 e. The van der Waals surface area contributed by atoms with Crippen molar-refractivity contribution < 1.29 is 23.8 Å². The SMILES string of the molecule is COCC(CC(=O)OC)c1ccc(N(CC(C)C)[C@H]2CC[C@@H](OC)CC2)c(NC(=O)Nc2ccc(C)cc2)c1. The molecule has 2 aromatic rings. The fraction of sp³-hybridized carbons (Fsp3) is 0.548. The summed E-state index contributed by atoms with van der Waals surface area (Å²) in [6.45, 7) is 7.66. The Kier molecular flexibility index (Phi) is 11.6. The molecule has 0 heterocycles. The summed E-state index contributed by atoms with van der Waals surface area (Å²) in [6.07, 6.45) is 4.57. The van der Waals surface area contributed by atoms with E-state index in [9.17, 15) is 9.59 Å². The minimum absolute atomic E-state index is 0.190. The number of carbonyl (C=O) groups is 2. The lowest BCUT2D eigenvalue weighted by Gasteiger charge is -2.40. The molecule has 1 fully saturated rings. The predicted molar refractivity (Wildman–Crippen MR) is 157 cm³/mol. The highest BCUT2D eigenvalue weighted by atomic mass is 16.5. The van der Waals surface area contributed by atoms with Gasteiger partial charge in [-0.25, -0.2) is 4.79 Å². The molecule has 0 aliphatic heterocycles. The Labute approximate surface area is 233 Å². The van der Waals surface area contributed by atoms with E-state index < -0.39 is 0 Å². The first kappa shape index (κ1) is 30.4. The van der Waals surface area contributed by atoms with Crippen LogP contribution in [0.3, 0.4) is 0 Å². The molecule has 0 saturated heterocycles. The quantitative estimate of drug-likeness (QED) is 0.306. The van der Waals surface area contributed by atoms with Gasteiger partial charge in [0, 0.05) is 38.4 Å². The number of esters is 1. The van der Waals surface area contributed by atoms with E-state index in [0.717, 1.165) is 54.7 Å². The summed E-state index contributed by atoms with van der Waals surface area (Å²) in [5.74, 6) is -0.0726. The van der Waals surface area contributed by atoms with Crippen molar-refractivity contribution in [3.8, 4) is 0 Å². The van der Waals surface area contributed by atoms with Crippen LogP contribution in [0.15, 0.2) is 42.5 Å². The molecular formula is C31H45N3O5. The molecule has 0 bridgehead atoms. The van der Waals surface area contributed by atoms with Gasteiger partial charge in [-0.05, 0) is 68.4 Å². The normalized spacial score (nSPS) is 17.9. The molecule has 214 valence electrons. The third-order valence-corrected chi connectivity index (χ3v) is 7.35. The molecule has 1 unspecified atom stereocenters. The summed E-state index contributed by atoms with van der Waals surface area (Å²) in [5.41, 5.74) is 4.43. The van der Waals surface area contributed by atoms with E-state index in [1.165, 1.54) is 7.11 Å². The van der Waals surface area contributed by atoms with Gasteiger partial charge in [-0.3, -0.25) is 4.79 Å². The minimum Gasteiger partial charge on any atom is -0.469 e. The van der Waals surface area contributed by atoms with E-state index in [1.54, 1.807) is 14.2 Å². The maximum absolute atomic E-state index is 13.2. The number of nitrogens with zero attached hydrogens (tertiary/aromatic N) is 1. The fourth-order valence-corrected chi connectivity index (χ4v) is 5.27. The highest BCUT2D eigenvalue weighted by Gasteiger charge is 2.29. The van der Waals surface area contributed by atoms with Crippen LogP contribution in [0.25, 0.3) is 0 Å². The number of anilines is 3. The van der Waals surface area contributed by atoms with E-state index in [1.807, 2.05) is 43.3 Å². The zero-order chi connectivity index (χ0) is 28.4. The van der Waals surface area contributed by atoms with Crippen molar-refractivity contribution in [2.75, 3.05) is 50.0 Å². The number of carbonyl (C=O) groups excluding carboxylic acids is 2. The van der Waals surface area contributed by atoms with E-state index >= 15 is 0 Å². The third kappa shape index (κ3) is 8.97. The summed E-state index contributed by atoms with van der Waals surface area (Å²) in [4.78, 5) is 27.8. The number of amides is 2. The van der Waals surface area contributed by atoms with Crippen LogP contribution in [-0.2, 0) is 19.0 Å². The predicted octanol–water partition coefficient (Wildman–Crippen LogP) is 6.35. The summed E-state index contributed by atoms with van der Waals surface area (Å²) in [7, 11) is 4.79. The fourth-order valence-electron chi connectivity index (χ4n) is 5.27. The molecule has 1 atom stereocenters. The molecule has 8 heteroatoms. The second kappa shape index (κ2) is 14.9. The first-order valence-corrected chi connectivity index (χ1v) is 13.9. The van der Waals surface area contributed by atoms with E-state index in [-0.39, 0.29) is 24.3 Å². The van der Waals surface area contributed by atoms with Gasteiger partial charge in [0.05, 0.1) is 37.6 Å². The number of benzene rings is 2. The van der Waals surface area contributed by atoms with Crippen molar-refractivity contribution in [1.82, 2.24) is 0 Å². The molecule has 1 aliphatic rings. The number of rotatable bonds is 12. The lowest BCUT2D eigenvalue weighted by Crippen LogP contribution is -2.42. The van der Waals surface area contributed by atoms with Gasteiger partial charge in [0.1, 0.15) is 0 Å². The molecule has 39 heavy (non-hydrogen) atoms. The summed E-state index contributed by atoms with van der Waals surface area (Å²) >= 11 is 0. The topological polar surface area (TPSA) is 89.1 Å². The maximum atomic E-state index is 13.2. The second-order valence-corrected chi connectivity index (χ2v) is 10.9. The average Bonchev–Trinajstić information content (AvgIpc) is 2.92. The Morgan fingerprint density at radius 2 is 1.67 bits per heavy atom. The van der Waals surface area contributed by atoms with Gasteiger partial charge in [-0.2, -0.15) is 0 Å².